The molecule has 0 aliphatic carbocycles. The molecule has 2 aromatic carbocycles. The van der Waals surface area contributed by atoms with Crippen LogP contribution >= 0.6 is 0 Å². The molecule has 0 saturated carbocycles. The van der Waals surface area contributed by atoms with E-state index >= 15 is 0 Å². The van der Waals surface area contributed by atoms with E-state index < -0.39 is 0 Å². The lowest BCUT2D eigenvalue weighted by Gasteiger charge is -2.13. The van der Waals surface area contributed by atoms with Crippen molar-refractivity contribution in [3.05, 3.63) is 64.0 Å². The van der Waals surface area contributed by atoms with Crippen LogP contribution in [-0.4, -0.2) is 27.8 Å². The molecule has 5 nitrogen and oxygen atoms in total. The molecular weight excluding hydrogens is 354 g/mol. The highest BCUT2D eigenvalue weighted by molar-refractivity contribution is 5.85. The SMILES string of the molecule is CCCCOc1cc(OC)c2cc(Cc3ccc(N(C)C)cc3)c(=O)oc2c1. The average Bonchev–Trinajstić information content (AvgIpc) is 2.68. The van der Waals surface area contributed by atoms with Crippen LogP contribution in [0.3, 0.4) is 0 Å². The largest absolute Gasteiger partial charge is 0.496 e. The van der Waals surface area contributed by atoms with Crippen LogP contribution in [0, 0.1) is 0 Å². The van der Waals surface area contributed by atoms with E-state index in [2.05, 4.69) is 6.92 Å². The molecule has 5 heteroatoms. The number of hydrogen-bond donors (Lipinski definition) is 0. The molecule has 0 atom stereocenters. The molecule has 3 rings (SSSR count). The summed E-state index contributed by atoms with van der Waals surface area (Å²) in [5.41, 5.74) is 2.91. The Balaban J connectivity index is 1.92. The molecule has 0 aliphatic heterocycles. The zero-order valence-corrected chi connectivity index (χ0v) is 17.0. The van der Waals surface area contributed by atoms with Crippen LogP contribution in [0.2, 0.25) is 0 Å². The molecule has 1 heterocycles. The number of unbranched alkanes of at least 4 members (excludes halogenated alkanes) is 1. The Hall–Kier alpha value is -2.95. The summed E-state index contributed by atoms with van der Waals surface area (Å²) in [5.74, 6) is 1.28. The first-order valence-electron chi connectivity index (χ1n) is 9.55. The van der Waals surface area contributed by atoms with Crippen molar-refractivity contribution in [2.75, 3.05) is 32.7 Å². The van der Waals surface area contributed by atoms with Gasteiger partial charge in [-0.3, -0.25) is 0 Å². The van der Waals surface area contributed by atoms with Gasteiger partial charge in [-0.15, -0.1) is 0 Å². The van der Waals surface area contributed by atoms with Crippen molar-refractivity contribution in [3.8, 4) is 11.5 Å². The molecule has 3 aromatic rings. The van der Waals surface area contributed by atoms with E-state index in [4.69, 9.17) is 13.9 Å². The Morgan fingerprint density at radius 3 is 2.46 bits per heavy atom. The lowest BCUT2D eigenvalue weighted by atomic mass is 10.0. The van der Waals surface area contributed by atoms with Gasteiger partial charge in [0.05, 0.1) is 19.1 Å². The van der Waals surface area contributed by atoms with Gasteiger partial charge in [-0.1, -0.05) is 25.5 Å². The van der Waals surface area contributed by atoms with Crippen molar-refractivity contribution >= 4 is 16.7 Å². The zero-order chi connectivity index (χ0) is 20.1. The van der Waals surface area contributed by atoms with Crippen molar-refractivity contribution in [3.63, 3.8) is 0 Å². The number of methoxy groups -OCH3 is 1. The molecule has 148 valence electrons. The first kappa shape index (κ1) is 19.8. The summed E-state index contributed by atoms with van der Waals surface area (Å²) < 4.78 is 16.9. The van der Waals surface area contributed by atoms with Crippen LogP contribution in [0.1, 0.15) is 30.9 Å². The molecule has 0 saturated heterocycles. The third-order valence-electron chi connectivity index (χ3n) is 4.69. The number of fused-ring (bicyclic) bond motifs is 1. The molecule has 0 fully saturated rings. The maximum absolute atomic E-state index is 12.5. The fourth-order valence-electron chi connectivity index (χ4n) is 3.04. The topological polar surface area (TPSA) is 51.9 Å². The Bertz CT molecular complexity index is 990. The van der Waals surface area contributed by atoms with Gasteiger partial charge < -0.3 is 18.8 Å². The molecule has 0 amide bonds. The van der Waals surface area contributed by atoms with E-state index in [9.17, 15) is 4.79 Å². The fourth-order valence-corrected chi connectivity index (χ4v) is 3.04. The zero-order valence-electron chi connectivity index (χ0n) is 17.0. The van der Waals surface area contributed by atoms with E-state index in [1.54, 1.807) is 13.2 Å². The third kappa shape index (κ3) is 4.47. The summed E-state index contributed by atoms with van der Waals surface area (Å²) in [5, 5.41) is 0.768. The van der Waals surface area contributed by atoms with Gasteiger partial charge in [-0.25, -0.2) is 4.79 Å². The molecule has 0 aliphatic rings. The van der Waals surface area contributed by atoms with Gasteiger partial charge >= 0.3 is 5.63 Å². The Morgan fingerprint density at radius 2 is 1.82 bits per heavy atom. The minimum atomic E-state index is -0.336. The van der Waals surface area contributed by atoms with Gasteiger partial charge in [-0.2, -0.15) is 0 Å². The Morgan fingerprint density at radius 1 is 1.07 bits per heavy atom. The van der Waals surface area contributed by atoms with E-state index in [0.29, 0.717) is 35.7 Å². The van der Waals surface area contributed by atoms with Crippen LogP contribution in [0.25, 0.3) is 11.0 Å². The van der Waals surface area contributed by atoms with Gasteiger partial charge in [-0.05, 0) is 30.2 Å². The minimum Gasteiger partial charge on any atom is -0.496 e. The van der Waals surface area contributed by atoms with Crippen molar-refractivity contribution in [2.24, 2.45) is 0 Å². The van der Waals surface area contributed by atoms with Gasteiger partial charge in [0.2, 0.25) is 0 Å². The van der Waals surface area contributed by atoms with Crippen LogP contribution < -0.4 is 20.0 Å². The lowest BCUT2D eigenvalue weighted by molar-refractivity contribution is 0.307. The Labute approximate surface area is 165 Å². The summed E-state index contributed by atoms with van der Waals surface area (Å²) in [7, 11) is 5.61. The second-order valence-electron chi connectivity index (χ2n) is 7.04. The van der Waals surface area contributed by atoms with Gasteiger partial charge in [0.15, 0.2) is 0 Å². The highest BCUT2D eigenvalue weighted by atomic mass is 16.5. The maximum atomic E-state index is 12.5. The van der Waals surface area contributed by atoms with Gasteiger partial charge in [0.25, 0.3) is 0 Å². The first-order chi connectivity index (χ1) is 13.5. The summed E-state index contributed by atoms with van der Waals surface area (Å²) in [4.78, 5) is 14.6. The number of nitrogens with zero attached hydrogens (tertiary/aromatic N) is 1. The molecular formula is C23H27NO4. The molecule has 1 aromatic heterocycles. The molecule has 28 heavy (non-hydrogen) atoms. The second kappa shape index (κ2) is 8.83. The van der Waals surface area contributed by atoms with Crippen LogP contribution in [0.5, 0.6) is 11.5 Å². The lowest BCUT2D eigenvalue weighted by Crippen LogP contribution is -2.10. The van der Waals surface area contributed by atoms with Crippen LogP contribution in [0.4, 0.5) is 5.69 Å². The first-order valence-corrected chi connectivity index (χ1v) is 9.55. The monoisotopic (exact) mass is 381 g/mol. The number of anilines is 1. The summed E-state index contributed by atoms with van der Waals surface area (Å²) in [6.07, 6.45) is 2.53. The minimum absolute atomic E-state index is 0.336. The second-order valence-corrected chi connectivity index (χ2v) is 7.04. The summed E-state index contributed by atoms with van der Waals surface area (Å²) in [6.45, 7) is 2.73. The number of ether oxygens (including phenoxy) is 2. The highest BCUT2D eigenvalue weighted by Gasteiger charge is 2.13. The van der Waals surface area contributed by atoms with Crippen molar-refractivity contribution in [2.45, 2.75) is 26.2 Å². The average molecular weight is 381 g/mol. The molecule has 0 spiro atoms. The Kier molecular flexibility index (Phi) is 6.24. The molecule has 0 N–H and O–H groups in total. The fraction of sp³-hybridized carbons (Fsp3) is 0.348. The molecule has 0 unspecified atom stereocenters. The molecule has 0 radical (unpaired) electrons. The van der Waals surface area contributed by atoms with E-state index in [1.165, 1.54) is 0 Å². The van der Waals surface area contributed by atoms with Crippen molar-refractivity contribution < 1.29 is 13.9 Å². The predicted octanol–water partition coefficient (Wildman–Crippen LogP) is 4.64. The third-order valence-corrected chi connectivity index (χ3v) is 4.69. The normalized spacial score (nSPS) is 10.9. The van der Waals surface area contributed by atoms with E-state index in [0.717, 1.165) is 29.5 Å². The van der Waals surface area contributed by atoms with E-state index in [-0.39, 0.29) is 5.63 Å². The molecule has 0 bridgehead atoms. The van der Waals surface area contributed by atoms with Crippen molar-refractivity contribution in [1.82, 2.24) is 0 Å². The number of rotatable bonds is 8. The highest BCUT2D eigenvalue weighted by Crippen LogP contribution is 2.31. The van der Waals surface area contributed by atoms with Gasteiger partial charge in [0, 0.05) is 43.9 Å². The van der Waals surface area contributed by atoms with Crippen molar-refractivity contribution in [1.29, 1.82) is 0 Å². The quantitative estimate of drug-likeness (QED) is 0.420. The smallest absolute Gasteiger partial charge is 0.339 e. The maximum Gasteiger partial charge on any atom is 0.339 e. The number of hydrogen-bond acceptors (Lipinski definition) is 5. The summed E-state index contributed by atoms with van der Waals surface area (Å²) >= 11 is 0. The van der Waals surface area contributed by atoms with Crippen LogP contribution in [-0.2, 0) is 6.42 Å². The van der Waals surface area contributed by atoms with Crippen LogP contribution in [0.15, 0.2) is 51.7 Å². The standard InChI is InChI=1S/C23H27NO4/c1-5-6-11-27-19-14-21(26-4)20-13-17(23(25)28-22(20)15-19)12-16-7-9-18(10-8-16)24(2)3/h7-10,13-15H,5-6,11-12H2,1-4H3. The summed E-state index contributed by atoms with van der Waals surface area (Å²) in [6, 6.07) is 13.6. The number of benzene rings is 2. The van der Waals surface area contributed by atoms with Gasteiger partial charge in [0.1, 0.15) is 17.1 Å². The predicted molar refractivity (Wildman–Crippen MR) is 113 cm³/mol. The van der Waals surface area contributed by atoms with E-state index in [1.807, 2.05) is 55.4 Å².